The van der Waals surface area contributed by atoms with Gasteiger partial charge < -0.3 is 16.4 Å². The van der Waals surface area contributed by atoms with Crippen molar-refractivity contribution in [3.63, 3.8) is 0 Å². The minimum atomic E-state index is -0.437. The van der Waals surface area contributed by atoms with Crippen molar-refractivity contribution >= 4 is 11.8 Å². The molecule has 0 saturated carbocycles. The van der Waals surface area contributed by atoms with E-state index in [0.29, 0.717) is 24.4 Å². The maximum Gasteiger partial charge on any atom is 0.248 e. The van der Waals surface area contributed by atoms with Crippen molar-refractivity contribution in [3.8, 4) is 0 Å². The zero-order valence-corrected chi connectivity index (χ0v) is 12.2. The van der Waals surface area contributed by atoms with Gasteiger partial charge in [-0.3, -0.25) is 9.59 Å². The van der Waals surface area contributed by atoms with Gasteiger partial charge in [-0.25, -0.2) is 0 Å². The molecule has 2 rings (SSSR count). The SMILES string of the molecule is NC(=O)c1ccc(CNC(=O)CCC2CCNCC2)cc1. The first-order chi connectivity index (χ1) is 10.1. The summed E-state index contributed by atoms with van der Waals surface area (Å²) in [5.41, 5.74) is 6.63. The molecule has 0 unspecified atom stereocenters. The number of hydrogen-bond acceptors (Lipinski definition) is 3. The Kier molecular flexibility index (Phi) is 5.75. The first-order valence-corrected chi connectivity index (χ1v) is 7.51. The van der Waals surface area contributed by atoms with Gasteiger partial charge >= 0.3 is 0 Å². The van der Waals surface area contributed by atoms with Crippen LogP contribution in [0.1, 0.15) is 41.6 Å². The highest BCUT2D eigenvalue weighted by Gasteiger charge is 2.14. The summed E-state index contributed by atoms with van der Waals surface area (Å²) in [4.78, 5) is 22.8. The lowest BCUT2D eigenvalue weighted by Crippen LogP contribution is -2.29. The monoisotopic (exact) mass is 289 g/mol. The zero-order valence-electron chi connectivity index (χ0n) is 12.2. The van der Waals surface area contributed by atoms with Crippen molar-refractivity contribution in [1.29, 1.82) is 0 Å². The maximum atomic E-state index is 11.8. The van der Waals surface area contributed by atoms with Crippen LogP contribution < -0.4 is 16.4 Å². The molecule has 1 fully saturated rings. The van der Waals surface area contributed by atoms with Crippen LogP contribution in [-0.2, 0) is 11.3 Å². The zero-order chi connectivity index (χ0) is 15.1. The molecular weight excluding hydrogens is 266 g/mol. The highest BCUT2D eigenvalue weighted by Crippen LogP contribution is 2.17. The summed E-state index contributed by atoms with van der Waals surface area (Å²) in [6, 6.07) is 6.98. The van der Waals surface area contributed by atoms with Gasteiger partial charge in [-0.15, -0.1) is 0 Å². The number of piperidine rings is 1. The molecule has 21 heavy (non-hydrogen) atoms. The largest absolute Gasteiger partial charge is 0.366 e. The van der Waals surface area contributed by atoms with Gasteiger partial charge in [0.1, 0.15) is 0 Å². The number of amides is 2. The molecule has 114 valence electrons. The molecule has 5 nitrogen and oxygen atoms in total. The van der Waals surface area contributed by atoms with E-state index in [1.54, 1.807) is 12.1 Å². The number of nitrogens with one attached hydrogen (secondary N) is 2. The number of nitrogens with two attached hydrogens (primary N) is 1. The summed E-state index contributed by atoms with van der Waals surface area (Å²) in [6.07, 6.45) is 3.89. The lowest BCUT2D eigenvalue weighted by atomic mass is 9.93. The maximum absolute atomic E-state index is 11.8. The molecule has 0 bridgehead atoms. The van der Waals surface area contributed by atoms with E-state index in [9.17, 15) is 9.59 Å². The molecule has 1 aliphatic rings. The molecule has 2 amide bonds. The van der Waals surface area contributed by atoms with Crippen molar-refractivity contribution in [3.05, 3.63) is 35.4 Å². The van der Waals surface area contributed by atoms with Crippen molar-refractivity contribution in [2.24, 2.45) is 11.7 Å². The molecule has 5 heteroatoms. The molecule has 4 N–H and O–H groups in total. The van der Waals surface area contributed by atoms with E-state index < -0.39 is 5.91 Å². The Morgan fingerprint density at radius 3 is 2.48 bits per heavy atom. The van der Waals surface area contributed by atoms with Crippen LogP contribution >= 0.6 is 0 Å². The predicted octanol–water partition coefficient (Wildman–Crippen LogP) is 1.18. The Bertz CT molecular complexity index is 479. The average Bonchev–Trinajstić information content (AvgIpc) is 2.52. The van der Waals surface area contributed by atoms with Gasteiger partial charge in [-0.1, -0.05) is 12.1 Å². The minimum absolute atomic E-state index is 0.0903. The normalized spacial score (nSPS) is 15.6. The molecule has 0 aliphatic carbocycles. The fraction of sp³-hybridized carbons (Fsp3) is 0.500. The average molecular weight is 289 g/mol. The van der Waals surface area contributed by atoms with Gasteiger partial charge in [-0.2, -0.15) is 0 Å². The number of rotatable bonds is 6. The highest BCUT2D eigenvalue weighted by atomic mass is 16.1. The molecule has 1 saturated heterocycles. The van der Waals surface area contributed by atoms with Crippen molar-refractivity contribution in [2.45, 2.75) is 32.2 Å². The molecule has 0 aromatic heterocycles. The van der Waals surface area contributed by atoms with E-state index in [-0.39, 0.29) is 5.91 Å². The Labute approximate surface area is 125 Å². The summed E-state index contributed by atoms with van der Waals surface area (Å²) >= 11 is 0. The van der Waals surface area contributed by atoms with Crippen LogP contribution in [0.25, 0.3) is 0 Å². The molecule has 0 spiro atoms. The smallest absolute Gasteiger partial charge is 0.248 e. The van der Waals surface area contributed by atoms with Gasteiger partial charge in [0.05, 0.1) is 0 Å². The fourth-order valence-corrected chi connectivity index (χ4v) is 2.58. The first-order valence-electron chi connectivity index (χ1n) is 7.51. The van der Waals surface area contributed by atoms with Gasteiger partial charge in [0.2, 0.25) is 11.8 Å². The van der Waals surface area contributed by atoms with E-state index in [1.165, 1.54) is 12.8 Å². The first kappa shape index (κ1) is 15.5. The van der Waals surface area contributed by atoms with Crippen LogP contribution in [0.5, 0.6) is 0 Å². The number of hydrogen-bond donors (Lipinski definition) is 3. The van der Waals surface area contributed by atoms with Gasteiger partial charge in [0.25, 0.3) is 0 Å². The molecule has 1 aromatic rings. The molecule has 0 atom stereocenters. The van der Waals surface area contributed by atoms with Crippen LogP contribution in [0.2, 0.25) is 0 Å². The van der Waals surface area contributed by atoms with Crippen LogP contribution in [0.3, 0.4) is 0 Å². The summed E-state index contributed by atoms with van der Waals surface area (Å²) in [7, 11) is 0. The van der Waals surface area contributed by atoms with Crippen molar-refractivity contribution < 1.29 is 9.59 Å². The molecule has 1 heterocycles. The number of carbonyl (C=O) groups excluding carboxylic acids is 2. The lowest BCUT2D eigenvalue weighted by Gasteiger charge is -2.22. The third-order valence-electron chi connectivity index (χ3n) is 3.97. The second-order valence-electron chi connectivity index (χ2n) is 5.57. The van der Waals surface area contributed by atoms with E-state index >= 15 is 0 Å². The standard InChI is InChI=1S/C16H23N3O2/c17-16(21)14-4-1-13(2-5-14)11-19-15(20)6-3-12-7-9-18-10-8-12/h1-2,4-5,12,18H,3,6-11H2,(H2,17,21)(H,19,20). The van der Waals surface area contributed by atoms with Gasteiger partial charge in [0, 0.05) is 18.5 Å². The number of carbonyl (C=O) groups is 2. The molecular formula is C16H23N3O2. The Balaban J connectivity index is 1.69. The Hall–Kier alpha value is -1.88. The van der Waals surface area contributed by atoms with Crippen LogP contribution in [0.4, 0.5) is 0 Å². The second-order valence-corrected chi connectivity index (χ2v) is 5.57. The minimum Gasteiger partial charge on any atom is -0.366 e. The summed E-state index contributed by atoms with van der Waals surface area (Å²) in [5.74, 6) is 0.326. The molecule has 0 radical (unpaired) electrons. The van der Waals surface area contributed by atoms with E-state index in [2.05, 4.69) is 10.6 Å². The van der Waals surface area contributed by atoms with Gasteiger partial charge in [-0.05, 0) is 56.0 Å². The third-order valence-corrected chi connectivity index (χ3v) is 3.97. The van der Waals surface area contributed by atoms with Crippen molar-refractivity contribution in [1.82, 2.24) is 10.6 Å². The Morgan fingerprint density at radius 2 is 1.86 bits per heavy atom. The van der Waals surface area contributed by atoms with Crippen LogP contribution in [0.15, 0.2) is 24.3 Å². The second kappa shape index (κ2) is 7.78. The van der Waals surface area contributed by atoms with E-state index in [1.807, 2.05) is 12.1 Å². The molecule has 1 aliphatic heterocycles. The quantitative estimate of drug-likeness (QED) is 0.735. The summed E-state index contributed by atoms with van der Waals surface area (Å²) in [5, 5.41) is 6.24. The fourth-order valence-electron chi connectivity index (χ4n) is 2.58. The van der Waals surface area contributed by atoms with E-state index in [0.717, 1.165) is 25.1 Å². The summed E-state index contributed by atoms with van der Waals surface area (Å²) in [6.45, 7) is 2.63. The lowest BCUT2D eigenvalue weighted by molar-refractivity contribution is -0.121. The Morgan fingerprint density at radius 1 is 1.19 bits per heavy atom. The number of primary amides is 1. The van der Waals surface area contributed by atoms with Gasteiger partial charge in [0.15, 0.2) is 0 Å². The van der Waals surface area contributed by atoms with Crippen LogP contribution in [0, 0.1) is 5.92 Å². The predicted molar refractivity (Wildman–Crippen MR) is 81.6 cm³/mol. The third kappa shape index (κ3) is 5.19. The highest BCUT2D eigenvalue weighted by molar-refractivity contribution is 5.92. The molecule has 1 aromatic carbocycles. The van der Waals surface area contributed by atoms with Crippen LogP contribution in [-0.4, -0.2) is 24.9 Å². The topological polar surface area (TPSA) is 84.2 Å². The summed E-state index contributed by atoms with van der Waals surface area (Å²) < 4.78 is 0. The number of benzene rings is 1. The van der Waals surface area contributed by atoms with E-state index in [4.69, 9.17) is 5.73 Å². The van der Waals surface area contributed by atoms with Crippen molar-refractivity contribution in [2.75, 3.05) is 13.1 Å².